The normalized spacial score (nSPS) is 18.2. The van der Waals surface area contributed by atoms with E-state index in [-0.39, 0.29) is 41.2 Å². The van der Waals surface area contributed by atoms with Gasteiger partial charge in [0.2, 0.25) is 0 Å². The number of nitrogens with zero attached hydrogens (tertiary/aromatic N) is 4. The van der Waals surface area contributed by atoms with Gasteiger partial charge in [-0.15, -0.1) is 12.4 Å². The Bertz CT molecular complexity index is 754. The van der Waals surface area contributed by atoms with Gasteiger partial charge in [-0.1, -0.05) is 5.16 Å². The summed E-state index contributed by atoms with van der Waals surface area (Å²) >= 11 is 0. The van der Waals surface area contributed by atoms with Crippen molar-refractivity contribution < 1.29 is 13.8 Å². The molecule has 0 amide bonds. The van der Waals surface area contributed by atoms with E-state index < -0.39 is 10.7 Å². The molecule has 0 spiro atoms. The largest absolute Gasteiger partial charge is 0.334 e. The van der Waals surface area contributed by atoms with E-state index in [2.05, 4.69) is 20.4 Å². The van der Waals surface area contributed by atoms with Crippen LogP contribution in [0.5, 0.6) is 0 Å². The predicted molar refractivity (Wildman–Crippen MR) is 86.6 cm³/mol. The molecule has 1 unspecified atom stereocenters. The quantitative estimate of drug-likeness (QED) is 0.663. The van der Waals surface area contributed by atoms with E-state index in [1.807, 2.05) is 7.05 Å². The van der Waals surface area contributed by atoms with Gasteiger partial charge in [0.05, 0.1) is 11.0 Å². The van der Waals surface area contributed by atoms with Gasteiger partial charge in [-0.3, -0.25) is 15.0 Å². The Morgan fingerprint density at radius 1 is 1.50 bits per heavy atom. The van der Waals surface area contributed by atoms with E-state index in [1.54, 1.807) is 0 Å². The first-order chi connectivity index (χ1) is 11.0. The summed E-state index contributed by atoms with van der Waals surface area (Å²) in [6.45, 7) is 3.82. The molecule has 8 nitrogen and oxygen atoms in total. The Kier molecular flexibility index (Phi) is 5.47. The number of likely N-dealkylation sites (N-methyl/N-ethyl adjacent to an activating group) is 1. The van der Waals surface area contributed by atoms with Crippen molar-refractivity contribution >= 4 is 18.1 Å². The fraction of sp³-hybridized carbons (Fsp3) is 0.429. The number of nitro benzene ring substituents is 1. The Hall–Kier alpha value is -2.10. The number of rotatable bonds is 3. The van der Waals surface area contributed by atoms with Gasteiger partial charge in [-0.05, 0) is 26.1 Å². The van der Waals surface area contributed by atoms with Crippen LogP contribution in [-0.2, 0) is 0 Å². The van der Waals surface area contributed by atoms with E-state index in [0.29, 0.717) is 12.4 Å². The summed E-state index contributed by atoms with van der Waals surface area (Å²) in [7, 11) is 1.94. The first-order valence-electron chi connectivity index (χ1n) is 7.17. The molecule has 1 aliphatic heterocycles. The van der Waals surface area contributed by atoms with Gasteiger partial charge in [0.1, 0.15) is 11.4 Å². The highest BCUT2D eigenvalue weighted by molar-refractivity contribution is 5.85. The monoisotopic (exact) mass is 357 g/mol. The fourth-order valence-electron chi connectivity index (χ4n) is 2.71. The second kappa shape index (κ2) is 7.20. The van der Waals surface area contributed by atoms with Crippen molar-refractivity contribution in [2.75, 3.05) is 26.7 Å². The van der Waals surface area contributed by atoms with Crippen molar-refractivity contribution in [2.24, 2.45) is 0 Å². The van der Waals surface area contributed by atoms with Crippen molar-refractivity contribution in [3.05, 3.63) is 39.5 Å². The highest BCUT2D eigenvalue weighted by Crippen LogP contribution is 2.33. The molecule has 1 aliphatic rings. The maximum Gasteiger partial charge on any atom is 0.285 e. The minimum atomic E-state index is -0.584. The second-order valence-corrected chi connectivity index (χ2v) is 5.53. The van der Waals surface area contributed by atoms with E-state index in [4.69, 9.17) is 4.52 Å². The van der Waals surface area contributed by atoms with Crippen LogP contribution < -0.4 is 5.32 Å². The smallest absolute Gasteiger partial charge is 0.285 e. The van der Waals surface area contributed by atoms with Crippen LogP contribution in [0, 0.1) is 22.9 Å². The third-order valence-electron chi connectivity index (χ3n) is 3.93. The maximum absolute atomic E-state index is 13.6. The van der Waals surface area contributed by atoms with Crippen LogP contribution >= 0.6 is 12.4 Å². The lowest BCUT2D eigenvalue weighted by atomic mass is 10.1. The van der Waals surface area contributed by atoms with Gasteiger partial charge in [-0.2, -0.15) is 4.98 Å². The number of halogens is 2. The molecule has 0 saturated carbocycles. The van der Waals surface area contributed by atoms with Crippen molar-refractivity contribution in [1.29, 1.82) is 0 Å². The molecule has 1 saturated heterocycles. The van der Waals surface area contributed by atoms with Crippen LogP contribution in [0.3, 0.4) is 0 Å². The number of nitrogens with one attached hydrogen (secondary N) is 1. The van der Waals surface area contributed by atoms with E-state index in [1.165, 1.54) is 6.92 Å². The summed E-state index contributed by atoms with van der Waals surface area (Å²) in [6.07, 6.45) is 0. The molecule has 0 radical (unpaired) electrons. The molecule has 1 aromatic heterocycles. The summed E-state index contributed by atoms with van der Waals surface area (Å²) in [4.78, 5) is 17.0. The van der Waals surface area contributed by atoms with Crippen LogP contribution in [0.4, 0.5) is 10.1 Å². The Morgan fingerprint density at radius 2 is 2.25 bits per heavy atom. The Balaban J connectivity index is 0.00000208. The van der Waals surface area contributed by atoms with E-state index >= 15 is 0 Å². The van der Waals surface area contributed by atoms with Crippen molar-refractivity contribution in [3.63, 3.8) is 0 Å². The van der Waals surface area contributed by atoms with Crippen LogP contribution in [0.1, 0.15) is 17.4 Å². The summed E-state index contributed by atoms with van der Waals surface area (Å²) in [5, 5.41) is 18.4. The Labute approximate surface area is 143 Å². The van der Waals surface area contributed by atoms with Gasteiger partial charge in [0, 0.05) is 25.2 Å². The Morgan fingerprint density at radius 3 is 2.92 bits per heavy atom. The van der Waals surface area contributed by atoms with Crippen LogP contribution in [0.25, 0.3) is 11.5 Å². The molecule has 0 aliphatic carbocycles. The number of aromatic nitrogens is 2. The molecule has 2 aromatic rings. The number of hydrogen-bond acceptors (Lipinski definition) is 7. The minimum Gasteiger partial charge on any atom is -0.334 e. The lowest BCUT2D eigenvalue weighted by Gasteiger charge is -2.30. The van der Waals surface area contributed by atoms with Gasteiger partial charge < -0.3 is 9.84 Å². The molecule has 1 atom stereocenters. The van der Waals surface area contributed by atoms with Crippen molar-refractivity contribution in [1.82, 2.24) is 20.4 Å². The molecule has 3 rings (SSSR count). The van der Waals surface area contributed by atoms with Crippen LogP contribution in [-0.4, -0.2) is 46.6 Å². The van der Waals surface area contributed by atoms with Crippen molar-refractivity contribution in [2.45, 2.75) is 13.0 Å². The lowest BCUT2D eigenvalue weighted by molar-refractivity contribution is -0.384. The first kappa shape index (κ1) is 18.2. The fourth-order valence-corrected chi connectivity index (χ4v) is 2.71. The van der Waals surface area contributed by atoms with E-state index in [9.17, 15) is 14.5 Å². The maximum atomic E-state index is 13.6. The van der Waals surface area contributed by atoms with Crippen LogP contribution in [0.15, 0.2) is 16.7 Å². The number of benzene rings is 1. The summed E-state index contributed by atoms with van der Waals surface area (Å²) in [6, 6.07) is 2.07. The molecule has 130 valence electrons. The third kappa shape index (κ3) is 3.37. The number of nitro groups is 1. The lowest BCUT2D eigenvalue weighted by Crippen LogP contribution is -2.44. The summed E-state index contributed by atoms with van der Waals surface area (Å²) in [5.41, 5.74) is -0.0180. The third-order valence-corrected chi connectivity index (χ3v) is 3.93. The average Bonchev–Trinajstić information content (AvgIpc) is 2.95. The van der Waals surface area contributed by atoms with Crippen molar-refractivity contribution in [3.8, 4) is 11.5 Å². The molecular formula is C14H17ClFN5O3. The van der Waals surface area contributed by atoms with Gasteiger partial charge in [0.25, 0.3) is 11.6 Å². The minimum absolute atomic E-state index is 0. The van der Waals surface area contributed by atoms with E-state index in [0.717, 1.165) is 25.2 Å². The molecule has 24 heavy (non-hydrogen) atoms. The summed E-state index contributed by atoms with van der Waals surface area (Å²) < 4.78 is 18.8. The highest BCUT2D eigenvalue weighted by Gasteiger charge is 2.28. The predicted octanol–water partition coefficient (Wildman–Crippen LogP) is 2.09. The molecule has 2 heterocycles. The van der Waals surface area contributed by atoms with Gasteiger partial charge in [-0.25, -0.2) is 4.39 Å². The summed E-state index contributed by atoms with van der Waals surface area (Å²) in [5.74, 6) is -0.210. The molecular weight excluding hydrogens is 341 g/mol. The molecule has 0 bridgehead atoms. The molecule has 10 heteroatoms. The zero-order valence-corrected chi connectivity index (χ0v) is 14.0. The molecule has 1 aromatic carbocycles. The SMILES string of the molecule is Cc1cc(F)cc(-c2nc(C3CNCCN3C)no2)c1[N+](=O)[O-].Cl. The molecule has 1 N–H and O–H groups in total. The first-order valence-corrected chi connectivity index (χ1v) is 7.17. The number of aryl methyl sites for hydroxylation is 1. The molecule has 1 fully saturated rings. The number of piperazine rings is 1. The van der Waals surface area contributed by atoms with Gasteiger partial charge >= 0.3 is 0 Å². The topological polar surface area (TPSA) is 97.3 Å². The number of hydrogen-bond donors (Lipinski definition) is 1. The zero-order chi connectivity index (χ0) is 16.6. The standard InChI is InChI=1S/C14H16FN5O3.ClH/c1-8-5-9(15)6-10(12(8)20(21)22)14-17-13(18-23-14)11-7-16-3-4-19(11)2;/h5-6,11,16H,3-4,7H2,1-2H3;1H. The highest BCUT2D eigenvalue weighted by atomic mass is 35.5. The average molecular weight is 358 g/mol. The van der Waals surface area contributed by atoms with Crippen LogP contribution in [0.2, 0.25) is 0 Å². The van der Waals surface area contributed by atoms with Gasteiger partial charge in [0.15, 0.2) is 5.82 Å². The zero-order valence-electron chi connectivity index (χ0n) is 13.2. The second-order valence-electron chi connectivity index (χ2n) is 5.53.